The second-order valence-electron chi connectivity index (χ2n) is 3.22. The molecular formula is C11H11NO2. The predicted octanol–water partition coefficient (Wildman–Crippen LogP) is 1.69. The molecule has 0 bridgehead atoms. The smallest absolute Gasteiger partial charge is 0.259 e. The molecular weight excluding hydrogens is 178 g/mol. The van der Waals surface area contributed by atoms with Gasteiger partial charge in [0, 0.05) is 0 Å². The molecule has 1 aromatic carbocycles. The fraction of sp³-hybridized carbons (Fsp3) is 0.182. The van der Waals surface area contributed by atoms with E-state index in [0.29, 0.717) is 6.42 Å². The standard InChI is InChI=1S/C11H11NO2/c1-2-11(13)8-10(12-14-11)9-6-4-3-5-7-9/h2-7,13H,1,8H2. The van der Waals surface area contributed by atoms with Crippen LogP contribution in [-0.2, 0) is 4.84 Å². The van der Waals surface area contributed by atoms with Crippen molar-refractivity contribution in [1.82, 2.24) is 0 Å². The van der Waals surface area contributed by atoms with E-state index in [9.17, 15) is 5.11 Å². The van der Waals surface area contributed by atoms with E-state index in [0.717, 1.165) is 11.3 Å². The number of hydrogen-bond acceptors (Lipinski definition) is 3. The van der Waals surface area contributed by atoms with Crippen molar-refractivity contribution in [3.63, 3.8) is 0 Å². The summed E-state index contributed by atoms with van der Waals surface area (Å²) < 4.78 is 0. The Hall–Kier alpha value is -1.61. The lowest BCUT2D eigenvalue weighted by Crippen LogP contribution is -2.24. The van der Waals surface area contributed by atoms with Gasteiger partial charge in [0.05, 0.1) is 12.1 Å². The maximum atomic E-state index is 9.68. The van der Waals surface area contributed by atoms with Crippen molar-refractivity contribution >= 4 is 5.71 Å². The van der Waals surface area contributed by atoms with Crippen LogP contribution < -0.4 is 0 Å². The molecule has 0 saturated heterocycles. The van der Waals surface area contributed by atoms with Crippen LogP contribution in [0.4, 0.5) is 0 Å². The van der Waals surface area contributed by atoms with Crippen molar-refractivity contribution < 1.29 is 9.94 Å². The average Bonchev–Trinajstić information content (AvgIpc) is 2.63. The Morgan fingerprint density at radius 2 is 2.14 bits per heavy atom. The van der Waals surface area contributed by atoms with Gasteiger partial charge in [-0.1, -0.05) is 42.1 Å². The zero-order chi connectivity index (χ0) is 10.0. The van der Waals surface area contributed by atoms with Crippen LogP contribution in [0.15, 0.2) is 48.1 Å². The van der Waals surface area contributed by atoms with Gasteiger partial charge < -0.3 is 9.94 Å². The van der Waals surface area contributed by atoms with E-state index < -0.39 is 5.79 Å². The van der Waals surface area contributed by atoms with Crippen LogP contribution in [0.5, 0.6) is 0 Å². The van der Waals surface area contributed by atoms with E-state index in [4.69, 9.17) is 4.84 Å². The lowest BCUT2D eigenvalue weighted by atomic mass is 10.0. The molecule has 14 heavy (non-hydrogen) atoms. The Kier molecular flexibility index (Phi) is 2.09. The van der Waals surface area contributed by atoms with Crippen molar-refractivity contribution in [3.8, 4) is 0 Å². The molecule has 0 spiro atoms. The highest BCUT2D eigenvalue weighted by atomic mass is 16.7. The highest BCUT2D eigenvalue weighted by molar-refractivity contribution is 6.01. The summed E-state index contributed by atoms with van der Waals surface area (Å²) in [5.74, 6) is -1.33. The highest BCUT2D eigenvalue weighted by Crippen LogP contribution is 2.24. The molecule has 1 heterocycles. The first-order valence-electron chi connectivity index (χ1n) is 4.40. The van der Waals surface area contributed by atoms with Gasteiger partial charge >= 0.3 is 0 Å². The van der Waals surface area contributed by atoms with Crippen molar-refractivity contribution in [3.05, 3.63) is 48.6 Å². The lowest BCUT2D eigenvalue weighted by Gasteiger charge is -2.13. The van der Waals surface area contributed by atoms with Crippen LogP contribution in [-0.4, -0.2) is 16.6 Å². The van der Waals surface area contributed by atoms with Crippen LogP contribution in [0.3, 0.4) is 0 Å². The van der Waals surface area contributed by atoms with Crippen LogP contribution in [0.2, 0.25) is 0 Å². The summed E-state index contributed by atoms with van der Waals surface area (Å²) in [5, 5.41) is 13.5. The zero-order valence-corrected chi connectivity index (χ0v) is 7.68. The Morgan fingerprint density at radius 1 is 1.43 bits per heavy atom. The van der Waals surface area contributed by atoms with E-state index in [2.05, 4.69) is 11.7 Å². The fourth-order valence-corrected chi connectivity index (χ4v) is 1.33. The first-order chi connectivity index (χ1) is 6.73. The molecule has 3 heteroatoms. The minimum atomic E-state index is -1.33. The highest BCUT2D eigenvalue weighted by Gasteiger charge is 2.33. The quantitative estimate of drug-likeness (QED) is 0.719. The third-order valence-corrected chi connectivity index (χ3v) is 2.16. The van der Waals surface area contributed by atoms with E-state index in [1.165, 1.54) is 6.08 Å². The van der Waals surface area contributed by atoms with Crippen LogP contribution in [0.1, 0.15) is 12.0 Å². The van der Waals surface area contributed by atoms with E-state index in [1.54, 1.807) is 0 Å². The Morgan fingerprint density at radius 3 is 2.71 bits per heavy atom. The minimum absolute atomic E-state index is 0.348. The summed E-state index contributed by atoms with van der Waals surface area (Å²) in [6, 6.07) is 9.62. The summed E-state index contributed by atoms with van der Waals surface area (Å²) in [4.78, 5) is 4.88. The number of oxime groups is 1. The third-order valence-electron chi connectivity index (χ3n) is 2.16. The van der Waals surface area contributed by atoms with Crippen LogP contribution in [0.25, 0.3) is 0 Å². The molecule has 0 saturated carbocycles. The van der Waals surface area contributed by atoms with Gasteiger partial charge in [0.15, 0.2) is 0 Å². The summed E-state index contributed by atoms with van der Waals surface area (Å²) in [6.07, 6.45) is 1.70. The largest absolute Gasteiger partial charge is 0.355 e. The summed E-state index contributed by atoms with van der Waals surface area (Å²) >= 11 is 0. The SMILES string of the molecule is C=CC1(O)CC(c2ccccc2)=NO1. The maximum Gasteiger partial charge on any atom is 0.259 e. The van der Waals surface area contributed by atoms with Gasteiger partial charge in [-0.25, -0.2) is 0 Å². The molecule has 1 aliphatic rings. The number of hydrogen-bond donors (Lipinski definition) is 1. The molecule has 1 N–H and O–H groups in total. The van der Waals surface area contributed by atoms with E-state index >= 15 is 0 Å². The minimum Gasteiger partial charge on any atom is -0.355 e. The predicted molar refractivity (Wildman–Crippen MR) is 53.8 cm³/mol. The topological polar surface area (TPSA) is 41.8 Å². The fourth-order valence-electron chi connectivity index (χ4n) is 1.33. The molecule has 3 nitrogen and oxygen atoms in total. The molecule has 2 rings (SSSR count). The van der Waals surface area contributed by atoms with Crippen LogP contribution >= 0.6 is 0 Å². The van der Waals surface area contributed by atoms with Gasteiger partial charge in [0.1, 0.15) is 0 Å². The summed E-state index contributed by atoms with van der Waals surface area (Å²) in [7, 11) is 0. The first kappa shape index (κ1) is 8.97. The first-order valence-corrected chi connectivity index (χ1v) is 4.40. The van der Waals surface area contributed by atoms with Gasteiger partial charge in [0.2, 0.25) is 0 Å². The van der Waals surface area contributed by atoms with E-state index in [-0.39, 0.29) is 0 Å². The van der Waals surface area contributed by atoms with Gasteiger partial charge in [-0.05, 0) is 11.6 Å². The lowest BCUT2D eigenvalue weighted by molar-refractivity contribution is -0.146. The summed E-state index contributed by atoms with van der Waals surface area (Å²) in [6.45, 7) is 3.49. The van der Waals surface area contributed by atoms with Gasteiger partial charge in [-0.2, -0.15) is 0 Å². The number of benzene rings is 1. The number of nitrogens with zero attached hydrogens (tertiary/aromatic N) is 1. The maximum absolute atomic E-state index is 9.68. The normalized spacial score (nSPS) is 25.4. The van der Waals surface area contributed by atoms with E-state index in [1.807, 2.05) is 30.3 Å². The monoisotopic (exact) mass is 189 g/mol. The molecule has 1 aromatic rings. The second kappa shape index (κ2) is 3.27. The molecule has 0 amide bonds. The van der Waals surface area contributed by atoms with Gasteiger partial charge in [0.25, 0.3) is 5.79 Å². The summed E-state index contributed by atoms with van der Waals surface area (Å²) in [5.41, 5.74) is 1.71. The molecule has 1 aliphatic heterocycles. The second-order valence-corrected chi connectivity index (χ2v) is 3.22. The van der Waals surface area contributed by atoms with Gasteiger partial charge in [-0.3, -0.25) is 0 Å². The Balaban J connectivity index is 2.21. The Labute approximate surface area is 82.3 Å². The average molecular weight is 189 g/mol. The zero-order valence-electron chi connectivity index (χ0n) is 7.68. The van der Waals surface area contributed by atoms with Gasteiger partial charge in [-0.15, -0.1) is 0 Å². The molecule has 0 aromatic heterocycles. The van der Waals surface area contributed by atoms with Crippen molar-refractivity contribution in [2.75, 3.05) is 0 Å². The van der Waals surface area contributed by atoms with Crippen molar-refractivity contribution in [2.45, 2.75) is 12.2 Å². The number of rotatable bonds is 2. The Bertz CT molecular complexity index is 372. The molecule has 1 atom stereocenters. The molecule has 0 fully saturated rings. The van der Waals surface area contributed by atoms with Crippen molar-refractivity contribution in [2.24, 2.45) is 5.16 Å². The van der Waals surface area contributed by atoms with Crippen molar-refractivity contribution in [1.29, 1.82) is 0 Å². The molecule has 1 unspecified atom stereocenters. The number of aliphatic hydroxyl groups is 1. The molecule has 0 aliphatic carbocycles. The molecule has 0 radical (unpaired) electrons. The van der Waals surface area contributed by atoms with Crippen LogP contribution in [0, 0.1) is 0 Å². The molecule has 72 valence electrons. The third kappa shape index (κ3) is 1.54.